The van der Waals surface area contributed by atoms with Crippen molar-refractivity contribution >= 4 is 27.7 Å². The Kier molecular flexibility index (Phi) is 1.94. The largest absolute Gasteiger partial charge is 0.255 e. The van der Waals surface area contributed by atoms with E-state index in [4.69, 9.17) is 0 Å². The summed E-state index contributed by atoms with van der Waals surface area (Å²) in [5.74, 6) is 2.36. The zero-order valence-electron chi connectivity index (χ0n) is 7.29. The number of hydrogen-bond donors (Lipinski definition) is 0. The topological polar surface area (TPSA) is 17.8 Å². The highest BCUT2D eigenvalue weighted by Crippen LogP contribution is 2.40. The Morgan fingerprint density at radius 1 is 1.46 bits per heavy atom. The maximum absolute atomic E-state index is 4.66. The molecule has 1 aromatic heterocycles. The second kappa shape index (κ2) is 3.02. The minimum Gasteiger partial charge on any atom is -0.255 e. The number of fused-ring (bicyclic) bond motifs is 1. The van der Waals surface area contributed by atoms with Crippen LogP contribution in [0.5, 0.6) is 0 Å². The van der Waals surface area contributed by atoms with Gasteiger partial charge in [0.1, 0.15) is 4.60 Å². The predicted molar refractivity (Wildman–Crippen MR) is 58.1 cm³/mol. The summed E-state index contributed by atoms with van der Waals surface area (Å²) in [4.78, 5) is 0. The van der Waals surface area contributed by atoms with Crippen LogP contribution in [0.15, 0.2) is 4.60 Å². The van der Waals surface area contributed by atoms with Crippen LogP contribution in [-0.4, -0.2) is 15.5 Å². The van der Waals surface area contributed by atoms with Crippen molar-refractivity contribution in [1.29, 1.82) is 0 Å². The van der Waals surface area contributed by atoms with Crippen LogP contribution in [0.25, 0.3) is 0 Å². The Morgan fingerprint density at radius 3 is 3.00 bits per heavy atom. The molecule has 70 valence electrons. The van der Waals surface area contributed by atoms with Crippen LogP contribution in [0.3, 0.4) is 0 Å². The number of rotatable bonds is 1. The molecule has 2 aliphatic rings. The molecular weight excluding hydrogens is 248 g/mol. The lowest BCUT2D eigenvalue weighted by Gasteiger charge is -2.08. The quantitative estimate of drug-likeness (QED) is 0.771. The second-order valence-electron chi connectivity index (χ2n) is 3.69. The minimum absolute atomic E-state index is 0.699. The van der Waals surface area contributed by atoms with Gasteiger partial charge in [-0.15, -0.1) is 0 Å². The summed E-state index contributed by atoms with van der Waals surface area (Å²) in [6.45, 7) is 0. The number of aromatic nitrogens is 2. The van der Waals surface area contributed by atoms with Gasteiger partial charge in [0.2, 0.25) is 0 Å². The maximum atomic E-state index is 4.66. The van der Waals surface area contributed by atoms with Gasteiger partial charge in [-0.3, -0.25) is 4.68 Å². The van der Waals surface area contributed by atoms with Crippen LogP contribution in [0.2, 0.25) is 0 Å². The number of hydrogen-bond acceptors (Lipinski definition) is 2. The molecular formula is C9H11BrN2S. The molecule has 0 bridgehead atoms. The van der Waals surface area contributed by atoms with Crippen molar-refractivity contribution in [3.63, 3.8) is 0 Å². The third-order valence-corrected chi connectivity index (χ3v) is 4.47. The van der Waals surface area contributed by atoms with Gasteiger partial charge in [-0.2, -0.15) is 16.9 Å². The molecule has 4 heteroatoms. The van der Waals surface area contributed by atoms with E-state index in [1.54, 1.807) is 0 Å². The first-order valence-corrected chi connectivity index (χ1v) is 6.64. The van der Waals surface area contributed by atoms with Gasteiger partial charge in [0, 0.05) is 11.3 Å². The summed E-state index contributed by atoms with van der Waals surface area (Å²) in [6.07, 6.45) is 3.81. The molecule has 2 heterocycles. The minimum atomic E-state index is 0.699. The summed E-state index contributed by atoms with van der Waals surface area (Å²) in [7, 11) is 0. The first-order chi connectivity index (χ1) is 6.36. The van der Waals surface area contributed by atoms with Crippen molar-refractivity contribution < 1.29 is 0 Å². The van der Waals surface area contributed by atoms with E-state index >= 15 is 0 Å². The van der Waals surface area contributed by atoms with E-state index in [-0.39, 0.29) is 0 Å². The lowest BCUT2D eigenvalue weighted by atomic mass is 10.2. The molecule has 0 spiro atoms. The van der Waals surface area contributed by atoms with Crippen molar-refractivity contribution in [3.05, 3.63) is 15.9 Å². The molecule has 1 aliphatic heterocycles. The van der Waals surface area contributed by atoms with Crippen LogP contribution < -0.4 is 0 Å². The third-order valence-electron chi connectivity index (χ3n) is 2.65. The molecule has 1 aromatic rings. The Hall–Kier alpha value is 0.0400. The summed E-state index contributed by atoms with van der Waals surface area (Å²) in [6, 6.07) is 0.699. The fraction of sp³-hybridized carbons (Fsp3) is 0.667. The van der Waals surface area contributed by atoms with E-state index < -0.39 is 0 Å². The van der Waals surface area contributed by atoms with Gasteiger partial charge in [-0.1, -0.05) is 0 Å². The van der Waals surface area contributed by atoms with Gasteiger partial charge in [0.05, 0.1) is 11.7 Å². The van der Waals surface area contributed by atoms with Gasteiger partial charge in [-0.25, -0.2) is 0 Å². The van der Waals surface area contributed by atoms with Crippen LogP contribution in [0.1, 0.15) is 30.1 Å². The van der Waals surface area contributed by atoms with E-state index in [1.165, 1.54) is 40.9 Å². The summed E-state index contributed by atoms with van der Waals surface area (Å²) < 4.78 is 3.45. The highest BCUT2D eigenvalue weighted by Gasteiger charge is 2.29. The Morgan fingerprint density at radius 2 is 2.31 bits per heavy atom. The summed E-state index contributed by atoms with van der Waals surface area (Å²) >= 11 is 5.66. The zero-order chi connectivity index (χ0) is 8.84. The monoisotopic (exact) mass is 258 g/mol. The molecule has 1 fully saturated rings. The predicted octanol–water partition coefficient (Wildman–Crippen LogP) is 2.77. The van der Waals surface area contributed by atoms with Gasteiger partial charge >= 0.3 is 0 Å². The van der Waals surface area contributed by atoms with Crippen LogP contribution in [0.4, 0.5) is 0 Å². The molecule has 3 rings (SSSR count). The van der Waals surface area contributed by atoms with Crippen LogP contribution >= 0.6 is 27.7 Å². The smallest absolute Gasteiger partial charge is 0.107 e. The lowest BCUT2D eigenvalue weighted by Crippen LogP contribution is -1.99. The second-order valence-corrected chi connectivity index (χ2v) is 5.55. The van der Waals surface area contributed by atoms with Crippen molar-refractivity contribution in [1.82, 2.24) is 9.78 Å². The molecule has 0 atom stereocenters. The van der Waals surface area contributed by atoms with E-state index in [0.29, 0.717) is 6.04 Å². The van der Waals surface area contributed by atoms with Gasteiger partial charge in [-0.05, 0) is 40.9 Å². The molecule has 2 nitrogen and oxygen atoms in total. The van der Waals surface area contributed by atoms with E-state index in [9.17, 15) is 0 Å². The molecule has 0 saturated heterocycles. The first kappa shape index (κ1) is 8.36. The number of halogens is 1. The number of nitrogens with zero attached hydrogens (tertiary/aromatic N) is 2. The summed E-state index contributed by atoms with van der Waals surface area (Å²) in [5, 5.41) is 4.66. The Bertz CT molecular complexity index is 344. The van der Waals surface area contributed by atoms with Crippen LogP contribution in [0, 0.1) is 0 Å². The standard InChI is InChI=1S/C9H11BrN2S/c10-9-7-3-4-13-5-8(7)11-12(9)6-1-2-6/h6H,1-5H2. The normalized spacial score (nSPS) is 21.6. The number of thioether (sulfide) groups is 1. The molecule has 0 N–H and O–H groups in total. The Labute approximate surface area is 90.2 Å². The SMILES string of the molecule is Brc1c2c(nn1C1CC1)CSCC2. The fourth-order valence-electron chi connectivity index (χ4n) is 1.76. The fourth-order valence-corrected chi connectivity index (χ4v) is 3.47. The molecule has 13 heavy (non-hydrogen) atoms. The molecule has 0 amide bonds. The highest BCUT2D eigenvalue weighted by atomic mass is 79.9. The van der Waals surface area contributed by atoms with Crippen LogP contribution in [-0.2, 0) is 12.2 Å². The van der Waals surface area contributed by atoms with Crippen molar-refractivity contribution in [2.75, 3.05) is 5.75 Å². The lowest BCUT2D eigenvalue weighted by molar-refractivity contribution is 0.621. The summed E-state index contributed by atoms with van der Waals surface area (Å²) in [5.41, 5.74) is 2.78. The molecule has 0 aromatic carbocycles. The van der Waals surface area contributed by atoms with Crippen molar-refractivity contribution in [2.24, 2.45) is 0 Å². The maximum Gasteiger partial charge on any atom is 0.107 e. The molecule has 1 aliphatic carbocycles. The van der Waals surface area contributed by atoms with Gasteiger partial charge in [0.15, 0.2) is 0 Å². The van der Waals surface area contributed by atoms with E-state index in [1.807, 2.05) is 11.8 Å². The third kappa shape index (κ3) is 1.34. The van der Waals surface area contributed by atoms with Crippen molar-refractivity contribution in [2.45, 2.75) is 31.1 Å². The van der Waals surface area contributed by atoms with Crippen molar-refractivity contribution in [3.8, 4) is 0 Å². The molecule has 1 saturated carbocycles. The molecule has 0 unspecified atom stereocenters. The highest BCUT2D eigenvalue weighted by molar-refractivity contribution is 9.10. The zero-order valence-corrected chi connectivity index (χ0v) is 9.70. The van der Waals surface area contributed by atoms with Gasteiger partial charge in [0.25, 0.3) is 0 Å². The van der Waals surface area contributed by atoms with Gasteiger partial charge < -0.3 is 0 Å². The van der Waals surface area contributed by atoms with E-state index in [0.717, 1.165) is 5.75 Å². The average molecular weight is 259 g/mol. The first-order valence-electron chi connectivity index (χ1n) is 4.70. The Balaban J connectivity index is 2.06. The van der Waals surface area contributed by atoms with E-state index in [2.05, 4.69) is 25.7 Å². The molecule has 0 radical (unpaired) electrons. The average Bonchev–Trinajstić information content (AvgIpc) is 2.94.